The van der Waals surface area contributed by atoms with E-state index in [1.165, 1.54) is 64.3 Å². The second kappa shape index (κ2) is 6.91. The van der Waals surface area contributed by atoms with Crippen LogP contribution in [0.4, 0.5) is 0 Å². The van der Waals surface area contributed by atoms with Gasteiger partial charge in [0.2, 0.25) is 0 Å². The lowest BCUT2D eigenvalue weighted by molar-refractivity contribution is 0.0145. The lowest BCUT2D eigenvalue weighted by atomic mass is 9.77. The Morgan fingerprint density at radius 2 is 1.83 bits per heavy atom. The Morgan fingerprint density at radius 3 is 2.56 bits per heavy atom. The summed E-state index contributed by atoms with van der Waals surface area (Å²) >= 11 is 0. The highest BCUT2D eigenvalue weighted by atomic mass is 15.2. The number of hydrogen-bond acceptors (Lipinski definition) is 2. The molecule has 4 unspecified atom stereocenters. The van der Waals surface area contributed by atoms with Gasteiger partial charge in [0.15, 0.2) is 0 Å². The molecule has 106 valence electrons. The molecule has 2 nitrogen and oxygen atoms in total. The first-order valence-corrected chi connectivity index (χ1v) is 8.29. The number of fused-ring (bicyclic) bond motifs is 1. The Labute approximate surface area is 113 Å². The van der Waals surface area contributed by atoms with Crippen molar-refractivity contribution >= 4 is 0 Å². The molecule has 0 bridgehead atoms. The predicted molar refractivity (Wildman–Crippen MR) is 78.6 cm³/mol. The highest BCUT2D eigenvalue weighted by Gasteiger charge is 2.37. The first-order chi connectivity index (χ1) is 8.77. The molecule has 2 aliphatic rings. The van der Waals surface area contributed by atoms with Gasteiger partial charge in [-0.05, 0) is 51.0 Å². The van der Waals surface area contributed by atoms with Crippen molar-refractivity contribution in [3.8, 4) is 0 Å². The van der Waals surface area contributed by atoms with Crippen LogP contribution in [0.3, 0.4) is 0 Å². The lowest BCUT2D eigenvalue weighted by Gasteiger charge is -2.49. The van der Waals surface area contributed by atoms with Crippen molar-refractivity contribution in [2.75, 3.05) is 6.54 Å². The molecule has 2 N–H and O–H groups in total. The second-order valence-corrected chi connectivity index (χ2v) is 6.42. The minimum atomic E-state index is 0.390. The molecule has 0 aromatic carbocycles. The summed E-state index contributed by atoms with van der Waals surface area (Å²) in [5, 5.41) is 0. The van der Waals surface area contributed by atoms with Crippen molar-refractivity contribution in [2.24, 2.45) is 11.7 Å². The quantitative estimate of drug-likeness (QED) is 0.811. The molecular weight excluding hydrogens is 220 g/mol. The maximum Gasteiger partial charge on any atom is 0.0247 e. The van der Waals surface area contributed by atoms with Crippen LogP contribution in [0.25, 0.3) is 0 Å². The van der Waals surface area contributed by atoms with Gasteiger partial charge in [0.25, 0.3) is 0 Å². The van der Waals surface area contributed by atoms with Crippen molar-refractivity contribution in [1.29, 1.82) is 0 Å². The number of rotatable bonds is 5. The molecule has 1 aliphatic carbocycles. The Morgan fingerprint density at radius 1 is 1.11 bits per heavy atom. The topological polar surface area (TPSA) is 29.3 Å². The minimum Gasteiger partial charge on any atom is -0.326 e. The van der Waals surface area contributed by atoms with Crippen LogP contribution in [0, 0.1) is 5.92 Å². The summed E-state index contributed by atoms with van der Waals surface area (Å²) in [5.74, 6) is 0.982. The number of nitrogens with two attached hydrogens (primary N) is 1. The molecule has 1 saturated heterocycles. The smallest absolute Gasteiger partial charge is 0.0247 e. The van der Waals surface area contributed by atoms with Gasteiger partial charge >= 0.3 is 0 Å². The summed E-state index contributed by atoms with van der Waals surface area (Å²) in [4.78, 5) is 2.81. The zero-order valence-corrected chi connectivity index (χ0v) is 12.4. The highest BCUT2D eigenvalue weighted by molar-refractivity contribution is 4.93. The third-order valence-electron chi connectivity index (χ3n) is 5.25. The summed E-state index contributed by atoms with van der Waals surface area (Å²) in [6, 6.07) is 1.89. The second-order valence-electron chi connectivity index (χ2n) is 6.42. The first-order valence-electron chi connectivity index (χ1n) is 8.29. The third-order valence-corrected chi connectivity index (χ3v) is 5.25. The van der Waals surface area contributed by atoms with E-state index >= 15 is 0 Å². The molecule has 2 fully saturated rings. The molecule has 1 aliphatic heterocycles. The van der Waals surface area contributed by atoms with E-state index < -0.39 is 0 Å². The molecule has 0 amide bonds. The molecule has 18 heavy (non-hydrogen) atoms. The summed E-state index contributed by atoms with van der Waals surface area (Å²) in [7, 11) is 0. The summed E-state index contributed by atoms with van der Waals surface area (Å²) in [6.07, 6.45) is 12.3. The van der Waals surface area contributed by atoms with Crippen LogP contribution >= 0.6 is 0 Å². The normalized spacial score (nSPS) is 32.8. The van der Waals surface area contributed by atoms with E-state index in [0.717, 1.165) is 12.0 Å². The van der Waals surface area contributed by atoms with E-state index in [9.17, 15) is 0 Å². The van der Waals surface area contributed by atoms with Gasteiger partial charge in [0.1, 0.15) is 0 Å². The largest absolute Gasteiger partial charge is 0.326 e. The number of hydrogen-bond donors (Lipinski definition) is 1. The SMILES string of the molecule is CCCC(N)C(CC)N1CCCC2CCCCC21. The average molecular weight is 252 g/mol. The van der Waals surface area contributed by atoms with E-state index in [-0.39, 0.29) is 0 Å². The summed E-state index contributed by atoms with van der Waals surface area (Å²) in [6.45, 7) is 5.88. The van der Waals surface area contributed by atoms with Crippen molar-refractivity contribution in [3.05, 3.63) is 0 Å². The molecule has 0 radical (unpaired) electrons. The van der Waals surface area contributed by atoms with Crippen LogP contribution in [-0.4, -0.2) is 29.6 Å². The van der Waals surface area contributed by atoms with Crippen molar-refractivity contribution in [1.82, 2.24) is 4.90 Å². The third kappa shape index (κ3) is 3.08. The lowest BCUT2D eigenvalue weighted by Crippen LogP contribution is -2.56. The van der Waals surface area contributed by atoms with Gasteiger partial charge in [-0.3, -0.25) is 4.90 Å². The highest BCUT2D eigenvalue weighted by Crippen LogP contribution is 2.37. The summed E-state index contributed by atoms with van der Waals surface area (Å²) in [5.41, 5.74) is 6.45. The van der Waals surface area contributed by atoms with Crippen LogP contribution in [-0.2, 0) is 0 Å². The van der Waals surface area contributed by atoms with Gasteiger partial charge in [-0.2, -0.15) is 0 Å². The Bertz CT molecular complexity index is 239. The van der Waals surface area contributed by atoms with E-state index in [1.54, 1.807) is 0 Å². The monoisotopic (exact) mass is 252 g/mol. The molecule has 2 rings (SSSR count). The molecular formula is C16H32N2. The van der Waals surface area contributed by atoms with E-state index in [2.05, 4.69) is 18.7 Å². The fraction of sp³-hybridized carbons (Fsp3) is 1.00. The van der Waals surface area contributed by atoms with E-state index in [4.69, 9.17) is 5.73 Å². The number of piperidine rings is 1. The molecule has 0 aromatic rings. The fourth-order valence-electron chi connectivity index (χ4n) is 4.38. The van der Waals surface area contributed by atoms with Crippen molar-refractivity contribution in [2.45, 2.75) is 89.8 Å². The van der Waals surface area contributed by atoms with Gasteiger partial charge in [-0.15, -0.1) is 0 Å². The number of nitrogens with zero attached hydrogens (tertiary/aromatic N) is 1. The Balaban J connectivity index is 2.03. The zero-order chi connectivity index (χ0) is 13.0. The van der Waals surface area contributed by atoms with Crippen LogP contribution in [0.5, 0.6) is 0 Å². The standard InChI is InChI=1S/C16H32N2/c1-3-8-14(17)15(4-2)18-12-7-10-13-9-5-6-11-16(13)18/h13-16H,3-12,17H2,1-2H3. The summed E-state index contributed by atoms with van der Waals surface area (Å²) < 4.78 is 0. The molecule has 1 saturated carbocycles. The van der Waals surface area contributed by atoms with Gasteiger partial charge in [0.05, 0.1) is 0 Å². The van der Waals surface area contributed by atoms with Gasteiger partial charge < -0.3 is 5.73 Å². The van der Waals surface area contributed by atoms with Crippen molar-refractivity contribution in [3.63, 3.8) is 0 Å². The maximum atomic E-state index is 6.45. The molecule has 4 atom stereocenters. The minimum absolute atomic E-state index is 0.390. The Kier molecular flexibility index (Phi) is 5.50. The van der Waals surface area contributed by atoms with Crippen LogP contribution in [0.15, 0.2) is 0 Å². The molecule has 1 heterocycles. The van der Waals surface area contributed by atoms with Crippen LogP contribution < -0.4 is 5.73 Å². The van der Waals surface area contributed by atoms with Crippen molar-refractivity contribution < 1.29 is 0 Å². The van der Waals surface area contributed by atoms with E-state index in [0.29, 0.717) is 12.1 Å². The van der Waals surface area contributed by atoms with Crippen LogP contribution in [0.1, 0.15) is 71.6 Å². The molecule has 0 spiro atoms. The van der Waals surface area contributed by atoms with Gasteiger partial charge in [-0.25, -0.2) is 0 Å². The average Bonchev–Trinajstić information content (AvgIpc) is 2.40. The molecule has 2 heteroatoms. The van der Waals surface area contributed by atoms with Crippen LogP contribution in [0.2, 0.25) is 0 Å². The molecule has 0 aromatic heterocycles. The number of likely N-dealkylation sites (tertiary alicyclic amines) is 1. The predicted octanol–water partition coefficient (Wildman–Crippen LogP) is 3.55. The zero-order valence-electron chi connectivity index (χ0n) is 12.4. The Hall–Kier alpha value is -0.0800. The first kappa shape index (κ1) is 14.3. The van der Waals surface area contributed by atoms with Gasteiger partial charge in [0, 0.05) is 18.1 Å². The van der Waals surface area contributed by atoms with Gasteiger partial charge in [-0.1, -0.05) is 33.1 Å². The fourth-order valence-corrected chi connectivity index (χ4v) is 4.38. The maximum absolute atomic E-state index is 6.45. The van der Waals surface area contributed by atoms with E-state index in [1.807, 2.05) is 0 Å².